The molecule has 7 heteroatoms. The number of halogens is 3. The Morgan fingerprint density at radius 1 is 0.857 bits per heavy atom. The number of rotatable bonds is 3. The molecule has 0 bridgehead atoms. The van der Waals surface area contributed by atoms with E-state index >= 15 is 0 Å². The molecule has 4 nitrogen and oxygen atoms in total. The minimum Gasteiger partial charge on any atom is -0.339 e. The van der Waals surface area contributed by atoms with Crippen molar-refractivity contribution >= 4 is 22.5 Å². The predicted molar refractivity (Wildman–Crippen MR) is 103 cm³/mol. The molecule has 0 spiro atoms. The predicted octanol–water partition coefficient (Wildman–Crippen LogP) is 5.51. The van der Waals surface area contributed by atoms with Crippen molar-refractivity contribution in [2.75, 3.05) is 5.32 Å². The molecular weight excluding hydrogens is 365 g/mol. The molecule has 0 aliphatic rings. The van der Waals surface area contributed by atoms with Gasteiger partial charge in [0, 0.05) is 17.4 Å². The van der Waals surface area contributed by atoms with Crippen LogP contribution in [0.5, 0.6) is 0 Å². The van der Waals surface area contributed by atoms with Gasteiger partial charge in [-0.25, -0.2) is 23.1 Å². The number of fused-ring (bicyclic) bond motifs is 1. The summed E-state index contributed by atoms with van der Waals surface area (Å²) in [5.41, 5.74) is 3.98. The van der Waals surface area contributed by atoms with Gasteiger partial charge in [-0.2, -0.15) is 0 Å². The fraction of sp³-hybridized carbons (Fsp3) is 0.143. The highest BCUT2D eigenvalue weighted by molar-refractivity contribution is 5.94. The van der Waals surface area contributed by atoms with Crippen LogP contribution >= 0.6 is 0 Å². The lowest BCUT2D eigenvalue weighted by molar-refractivity contribution is 0.581. The highest BCUT2D eigenvalue weighted by Crippen LogP contribution is 2.33. The van der Waals surface area contributed by atoms with Gasteiger partial charge in [-0.05, 0) is 62.2 Å². The molecule has 2 aromatic heterocycles. The van der Waals surface area contributed by atoms with Gasteiger partial charge in [0.05, 0.1) is 11.1 Å². The lowest BCUT2D eigenvalue weighted by Crippen LogP contribution is -2.01. The van der Waals surface area contributed by atoms with Crippen molar-refractivity contribution in [2.24, 2.45) is 0 Å². The van der Waals surface area contributed by atoms with Gasteiger partial charge in [0.2, 0.25) is 0 Å². The van der Waals surface area contributed by atoms with Gasteiger partial charge in [-0.1, -0.05) is 0 Å². The summed E-state index contributed by atoms with van der Waals surface area (Å²) in [5.74, 6) is -1.11. The maximum absolute atomic E-state index is 13.8. The Morgan fingerprint density at radius 3 is 2.25 bits per heavy atom. The van der Waals surface area contributed by atoms with E-state index in [4.69, 9.17) is 0 Å². The van der Waals surface area contributed by atoms with Crippen molar-refractivity contribution in [3.8, 4) is 5.69 Å². The number of hydrogen-bond acceptors (Lipinski definition) is 3. The number of aryl methyl sites for hydroxylation is 2. The molecule has 142 valence electrons. The number of aromatic nitrogens is 3. The fourth-order valence-electron chi connectivity index (χ4n) is 3.37. The smallest absolute Gasteiger partial charge is 0.150 e. The number of nitrogens with one attached hydrogen (secondary N) is 1. The molecule has 0 unspecified atom stereocenters. The fourth-order valence-corrected chi connectivity index (χ4v) is 3.37. The van der Waals surface area contributed by atoms with Gasteiger partial charge in [-0.15, -0.1) is 0 Å². The van der Waals surface area contributed by atoms with Crippen molar-refractivity contribution in [1.82, 2.24) is 14.5 Å². The summed E-state index contributed by atoms with van der Waals surface area (Å²) in [5, 5.41) is 3.95. The summed E-state index contributed by atoms with van der Waals surface area (Å²) < 4.78 is 42.6. The van der Waals surface area contributed by atoms with E-state index in [1.54, 1.807) is 17.6 Å². The monoisotopic (exact) mass is 382 g/mol. The third-order valence-corrected chi connectivity index (χ3v) is 4.84. The van der Waals surface area contributed by atoms with Crippen LogP contribution in [-0.2, 0) is 0 Å². The summed E-state index contributed by atoms with van der Waals surface area (Å²) >= 11 is 0. The maximum atomic E-state index is 13.8. The van der Waals surface area contributed by atoms with Crippen molar-refractivity contribution in [2.45, 2.75) is 20.8 Å². The van der Waals surface area contributed by atoms with E-state index in [2.05, 4.69) is 15.3 Å². The summed E-state index contributed by atoms with van der Waals surface area (Å²) in [6.45, 7) is 5.55. The summed E-state index contributed by atoms with van der Waals surface area (Å²) in [4.78, 5) is 8.68. The minimum absolute atomic E-state index is 0.317. The van der Waals surface area contributed by atoms with Crippen LogP contribution in [0.1, 0.15) is 16.8 Å². The van der Waals surface area contributed by atoms with Crippen LogP contribution in [0.2, 0.25) is 0 Å². The molecule has 0 radical (unpaired) electrons. The van der Waals surface area contributed by atoms with Crippen LogP contribution in [0.15, 0.2) is 42.7 Å². The van der Waals surface area contributed by atoms with Crippen molar-refractivity contribution in [3.63, 3.8) is 0 Å². The number of benzene rings is 2. The van der Waals surface area contributed by atoms with Gasteiger partial charge in [0.25, 0.3) is 0 Å². The first-order valence-electron chi connectivity index (χ1n) is 8.67. The Balaban J connectivity index is 1.92. The zero-order valence-electron chi connectivity index (χ0n) is 15.5. The minimum atomic E-state index is -0.664. The second kappa shape index (κ2) is 6.67. The Hall–Kier alpha value is -3.35. The molecule has 2 aromatic carbocycles. The van der Waals surface area contributed by atoms with E-state index in [1.165, 1.54) is 30.6 Å². The molecular formula is C21H17F3N4. The molecule has 0 amide bonds. The normalized spacial score (nSPS) is 11.2. The topological polar surface area (TPSA) is 42.7 Å². The third kappa shape index (κ3) is 2.98. The van der Waals surface area contributed by atoms with Crippen LogP contribution in [0.3, 0.4) is 0 Å². The summed E-state index contributed by atoms with van der Waals surface area (Å²) in [6, 6.07) is 7.78. The quantitative estimate of drug-likeness (QED) is 0.508. The first kappa shape index (κ1) is 18.0. The highest BCUT2D eigenvalue weighted by atomic mass is 19.1. The molecule has 28 heavy (non-hydrogen) atoms. The van der Waals surface area contributed by atoms with Crippen LogP contribution in [0, 0.1) is 38.2 Å². The van der Waals surface area contributed by atoms with Crippen LogP contribution in [-0.4, -0.2) is 14.5 Å². The standard InChI is InChI=1S/C21H17F3N4/c1-11-6-14(22)4-5-18(11)27-20-19-12(2)13(3)28(21(19)26-10-25-20)17-8-15(23)7-16(24)9-17/h4-10H,1-3H3,(H,25,26,27). The SMILES string of the molecule is Cc1cc(F)ccc1Nc1ncnc2c1c(C)c(C)n2-c1cc(F)cc(F)c1. The molecule has 0 atom stereocenters. The van der Waals surface area contributed by atoms with E-state index in [1.807, 2.05) is 13.8 Å². The first-order valence-corrected chi connectivity index (χ1v) is 8.67. The largest absolute Gasteiger partial charge is 0.339 e. The second-order valence-electron chi connectivity index (χ2n) is 6.68. The molecule has 0 aliphatic carbocycles. The second-order valence-corrected chi connectivity index (χ2v) is 6.68. The van der Waals surface area contributed by atoms with Gasteiger partial charge in [0.15, 0.2) is 5.65 Å². The van der Waals surface area contributed by atoms with Crippen molar-refractivity contribution in [1.29, 1.82) is 0 Å². The lowest BCUT2D eigenvalue weighted by atomic mass is 10.1. The molecule has 0 saturated carbocycles. The number of anilines is 2. The van der Waals surface area contributed by atoms with Crippen LogP contribution in [0.4, 0.5) is 24.7 Å². The van der Waals surface area contributed by atoms with E-state index < -0.39 is 11.6 Å². The first-order chi connectivity index (χ1) is 13.3. The summed E-state index contributed by atoms with van der Waals surface area (Å²) in [6.07, 6.45) is 1.38. The number of hydrogen-bond donors (Lipinski definition) is 1. The maximum Gasteiger partial charge on any atom is 0.150 e. The number of nitrogens with zero attached hydrogens (tertiary/aromatic N) is 3. The van der Waals surface area contributed by atoms with Crippen LogP contribution < -0.4 is 5.32 Å². The zero-order valence-corrected chi connectivity index (χ0v) is 15.5. The molecule has 0 saturated heterocycles. The molecule has 4 aromatic rings. The Kier molecular flexibility index (Phi) is 4.30. The van der Waals surface area contributed by atoms with Gasteiger partial charge in [0.1, 0.15) is 29.6 Å². The van der Waals surface area contributed by atoms with Gasteiger partial charge in [-0.3, -0.25) is 4.57 Å². The van der Waals surface area contributed by atoms with E-state index in [0.717, 1.165) is 28.3 Å². The zero-order chi connectivity index (χ0) is 20.0. The van der Waals surface area contributed by atoms with E-state index in [-0.39, 0.29) is 5.82 Å². The highest BCUT2D eigenvalue weighted by Gasteiger charge is 2.19. The Labute approximate surface area is 159 Å². The lowest BCUT2D eigenvalue weighted by Gasteiger charge is -2.11. The third-order valence-electron chi connectivity index (χ3n) is 4.84. The molecule has 4 rings (SSSR count). The average molecular weight is 382 g/mol. The van der Waals surface area contributed by atoms with Crippen molar-refractivity contribution in [3.05, 3.63) is 77.0 Å². The average Bonchev–Trinajstić information content (AvgIpc) is 2.88. The van der Waals surface area contributed by atoms with E-state index in [0.29, 0.717) is 22.8 Å². The molecule has 0 fully saturated rings. The Morgan fingerprint density at radius 2 is 1.57 bits per heavy atom. The van der Waals surface area contributed by atoms with E-state index in [9.17, 15) is 13.2 Å². The van der Waals surface area contributed by atoms with Gasteiger partial charge >= 0.3 is 0 Å². The van der Waals surface area contributed by atoms with Gasteiger partial charge < -0.3 is 5.32 Å². The molecule has 1 N–H and O–H groups in total. The summed E-state index contributed by atoms with van der Waals surface area (Å²) in [7, 11) is 0. The van der Waals surface area contributed by atoms with Crippen molar-refractivity contribution < 1.29 is 13.2 Å². The molecule has 2 heterocycles. The Bertz CT molecular complexity index is 1190. The van der Waals surface area contributed by atoms with Crippen LogP contribution in [0.25, 0.3) is 16.7 Å². The molecule has 0 aliphatic heterocycles.